The number of carbonyl (C=O) groups is 1. The summed E-state index contributed by atoms with van der Waals surface area (Å²) in [4.78, 5) is 13.2. The third-order valence-electron chi connectivity index (χ3n) is 7.98. The van der Waals surface area contributed by atoms with Crippen molar-refractivity contribution in [3.05, 3.63) is 64.6 Å². The van der Waals surface area contributed by atoms with E-state index in [0.717, 1.165) is 31.2 Å². The number of esters is 1. The van der Waals surface area contributed by atoms with Crippen molar-refractivity contribution in [1.29, 1.82) is 0 Å². The molecule has 1 aromatic heterocycles. The van der Waals surface area contributed by atoms with Gasteiger partial charge in [0.05, 0.1) is 24.3 Å². The summed E-state index contributed by atoms with van der Waals surface area (Å²) in [7, 11) is 0. The number of nitrogens with one attached hydrogen (secondary N) is 1. The molecule has 0 unspecified atom stereocenters. The van der Waals surface area contributed by atoms with Gasteiger partial charge in [-0.25, -0.2) is 18.0 Å². The van der Waals surface area contributed by atoms with Gasteiger partial charge in [-0.3, -0.25) is 0 Å². The van der Waals surface area contributed by atoms with Gasteiger partial charge in [0.15, 0.2) is 0 Å². The van der Waals surface area contributed by atoms with Crippen LogP contribution in [0, 0.1) is 41.9 Å². The molecule has 1 saturated carbocycles. The van der Waals surface area contributed by atoms with Gasteiger partial charge in [-0.1, -0.05) is 18.2 Å². The molecule has 3 aromatic rings. The standard InChI is InChI=1S/C28H29F5N2O3/c1-14(16-8-10-17(11-9-16)34-28(3)12-37-13-28)35-15(2)20(18-6-4-5-7-19(18)35)27(36)38-26-24(32)22(30)21(29)23(31)25(26)33/h4-7,14,16-17,34H,8-13H2,1-3H3/t14-,16?,17?/m1/s1. The quantitative estimate of drug-likeness (QED) is 0.131. The fourth-order valence-electron chi connectivity index (χ4n) is 5.93. The van der Waals surface area contributed by atoms with Gasteiger partial charge in [0.2, 0.25) is 34.8 Å². The molecule has 2 heterocycles. The van der Waals surface area contributed by atoms with Gasteiger partial charge in [-0.2, -0.15) is 8.78 Å². The van der Waals surface area contributed by atoms with Crippen LogP contribution in [0.2, 0.25) is 0 Å². The van der Waals surface area contributed by atoms with Crippen molar-refractivity contribution in [2.75, 3.05) is 13.2 Å². The highest BCUT2D eigenvalue weighted by Gasteiger charge is 2.37. The highest BCUT2D eigenvalue weighted by molar-refractivity contribution is 6.06. The number of halogens is 5. The van der Waals surface area contributed by atoms with E-state index in [1.807, 2.05) is 16.7 Å². The molecule has 5 rings (SSSR count). The summed E-state index contributed by atoms with van der Waals surface area (Å²) >= 11 is 0. The molecular formula is C28H29F5N2O3. The Labute approximate surface area is 216 Å². The first-order valence-electron chi connectivity index (χ1n) is 12.7. The second kappa shape index (κ2) is 9.96. The number of nitrogens with zero attached hydrogens (tertiary/aromatic N) is 1. The monoisotopic (exact) mass is 536 g/mol. The van der Waals surface area contributed by atoms with Gasteiger partial charge >= 0.3 is 5.97 Å². The van der Waals surface area contributed by atoms with Crippen molar-refractivity contribution in [3.63, 3.8) is 0 Å². The van der Waals surface area contributed by atoms with E-state index in [4.69, 9.17) is 9.47 Å². The Hall–Kier alpha value is -2.98. The molecule has 2 fully saturated rings. The Morgan fingerprint density at radius 2 is 1.58 bits per heavy atom. The highest BCUT2D eigenvalue weighted by atomic mass is 19.2. The van der Waals surface area contributed by atoms with Crippen LogP contribution < -0.4 is 10.1 Å². The van der Waals surface area contributed by atoms with Crippen molar-refractivity contribution >= 4 is 16.9 Å². The normalized spacial score (nSPS) is 21.8. The van der Waals surface area contributed by atoms with Crippen LogP contribution in [0.3, 0.4) is 0 Å². The first-order valence-corrected chi connectivity index (χ1v) is 12.7. The number of benzene rings is 2. The van der Waals surface area contributed by atoms with Crippen molar-refractivity contribution in [2.45, 2.75) is 64.1 Å². The molecule has 0 spiro atoms. The van der Waals surface area contributed by atoms with Gasteiger partial charge in [0.1, 0.15) is 0 Å². The largest absolute Gasteiger partial charge is 0.416 e. The SMILES string of the molecule is Cc1c(C(=O)Oc2c(F)c(F)c(F)c(F)c2F)c2ccccc2n1[C@H](C)C1CCC(NC2(C)COC2)CC1. The molecule has 0 amide bonds. The lowest BCUT2D eigenvalue weighted by Gasteiger charge is -2.44. The second-order valence-corrected chi connectivity index (χ2v) is 10.7. The lowest BCUT2D eigenvalue weighted by Crippen LogP contribution is -2.61. The van der Waals surface area contributed by atoms with E-state index in [1.54, 1.807) is 19.1 Å². The zero-order chi connectivity index (χ0) is 27.4. The first-order chi connectivity index (χ1) is 18.0. The number of fused-ring (bicyclic) bond motifs is 1. The highest BCUT2D eigenvalue weighted by Crippen LogP contribution is 2.39. The van der Waals surface area contributed by atoms with Crippen LogP contribution in [0.5, 0.6) is 5.75 Å². The van der Waals surface area contributed by atoms with Crippen LogP contribution in [-0.2, 0) is 4.74 Å². The van der Waals surface area contributed by atoms with Crippen LogP contribution in [0.1, 0.15) is 61.6 Å². The Morgan fingerprint density at radius 1 is 1.00 bits per heavy atom. The average molecular weight is 537 g/mol. The van der Waals surface area contributed by atoms with Crippen molar-refractivity contribution in [3.8, 4) is 5.75 Å². The third-order valence-corrected chi connectivity index (χ3v) is 7.98. The summed E-state index contributed by atoms with van der Waals surface area (Å²) in [6.45, 7) is 7.34. The molecule has 0 bridgehead atoms. The fraction of sp³-hybridized carbons (Fsp3) is 0.464. The molecule has 204 valence electrons. The first kappa shape index (κ1) is 26.6. The van der Waals surface area contributed by atoms with Crippen LogP contribution in [-0.4, -0.2) is 35.3 Å². The zero-order valence-corrected chi connectivity index (χ0v) is 21.3. The van der Waals surface area contributed by atoms with Gasteiger partial charge in [0, 0.05) is 28.7 Å². The van der Waals surface area contributed by atoms with Crippen LogP contribution >= 0.6 is 0 Å². The van der Waals surface area contributed by atoms with Crippen LogP contribution in [0.4, 0.5) is 22.0 Å². The summed E-state index contributed by atoms with van der Waals surface area (Å²) in [5.41, 5.74) is 1.26. The molecule has 10 heteroatoms. The topological polar surface area (TPSA) is 52.5 Å². The Kier molecular flexibility index (Phi) is 6.98. The lowest BCUT2D eigenvalue weighted by atomic mass is 9.81. The van der Waals surface area contributed by atoms with Crippen molar-refractivity contribution in [2.24, 2.45) is 5.92 Å². The summed E-state index contributed by atoms with van der Waals surface area (Å²) < 4.78 is 81.4. The molecule has 38 heavy (non-hydrogen) atoms. The Morgan fingerprint density at radius 3 is 2.16 bits per heavy atom. The average Bonchev–Trinajstić information content (AvgIpc) is 3.19. The minimum Gasteiger partial charge on any atom is -0.416 e. The van der Waals surface area contributed by atoms with E-state index in [2.05, 4.69) is 19.2 Å². The predicted molar refractivity (Wildman–Crippen MR) is 131 cm³/mol. The number of carbonyl (C=O) groups excluding carboxylic acids is 1. The number of ether oxygens (including phenoxy) is 2. The van der Waals surface area contributed by atoms with Gasteiger partial charge in [0.25, 0.3) is 0 Å². The van der Waals surface area contributed by atoms with Gasteiger partial charge < -0.3 is 19.4 Å². The number of para-hydroxylation sites is 1. The molecule has 1 atom stereocenters. The number of hydrogen-bond acceptors (Lipinski definition) is 4. The molecule has 1 saturated heterocycles. The minimum absolute atomic E-state index is 0.0146. The molecule has 1 aliphatic heterocycles. The molecule has 1 aliphatic carbocycles. The van der Waals surface area contributed by atoms with E-state index in [-0.39, 0.29) is 17.1 Å². The molecule has 2 aliphatic rings. The summed E-state index contributed by atoms with van der Waals surface area (Å²) in [5, 5.41) is 4.17. The second-order valence-electron chi connectivity index (χ2n) is 10.7. The molecule has 5 nitrogen and oxygen atoms in total. The fourth-order valence-corrected chi connectivity index (χ4v) is 5.93. The smallest absolute Gasteiger partial charge is 0.346 e. The summed E-state index contributed by atoms with van der Waals surface area (Å²) in [6.07, 6.45) is 3.92. The van der Waals surface area contributed by atoms with Crippen molar-refractivity contribution < 1.29 is 36.2 Å². The summed E-state index contributed by atoms with van der Waals surface area (Å²) in [6, 6.07) is 7.41. The molecule has 2 aromatic carbocycles. The van der Waals surface area contributed by atoms with Crippen LogP contribution in [0.15, 0.2) is 24.3 Å². The zero-order valence-electron chi connectivity index (χ0n) is 21.3. The molecule has 0 radical (unpaired) electrons. The Balaban J connectivity index is 1.42. The lowest BCUT2D eigenvalue weighted by molar-refractivity contribution is -0.0719. The maximum absolute atomic E-state index is 14.2. The maximum atomic E-state index is 14.2. The maximum Gasteiger partial charge on any atom is 0.346 e. The van der Waals surface area contributed by atoms with E-state index >= 15 is 0 Å². The Bertz CT molecular complexity index is 1360. The predicted octanol–water partition coefficient (Wildman–Crippen LogP) is 6.36. The van der Waals surface area contributed by atoms with Crippen molar-refractivity contribution in [1.82, 2.24) is 9.88 Å². The van der Waals surface area contributed by atoms with E-state index < -0.39 is 40.8 Å². The molecular weight excluding hydrogens is 507 g/mol. The van der Waals surface area contributed by atoms with Gasteiger partial charge in [-0.15, -0.1) is 0 Å². The molecule has 1 N–H and O–H groups in total. The minimum atomic E-state index is -2.32. The number of aromatic nitrogens is 1. The van der Waals surface area contributed by atoms with Crippen LogP contribution in [0.25, 0.3) is 10.9 Å². The number of hydrogen-bond donors (Lipinski definition) is 1. The van der Waals surface area contributed by atoms with E-state index in [1.165, 1.54) is 0 Å². The third kappa shape index (κ3) is 4.47. The van der Waals surface area contributed by atoms with E-state index in [9.17, 15) is 26.7 Å². The van der Waals surface area contributed by atoms with E-state index in [0.29, 0.717) is 36.3 Å². The van der Waals surface area contributed by atoms with Gasteiger partial charge in [-0.05, 0) is 58.4 Å². The number of rotatable bonds is 6. The summed E-state index contributed by atoms with van der Waals surface area (Å²) in [5.74, 6) is -13.6.